The van der Waals surface area contributed by atoms with Gasteiger partial charge in [0.1, 0.15) is 10.6 Å². The van der Waals surface area contributed by atoms with E-state index in [1.54, 1.807) is 7.11 Å². The minimum atomic E-state index is -4.34. The van der Waals surface area contributed by atoms with Gasteiger partial charge in [-0.3, -0.25) is 9.52 Å². The highest BCUT2D eigenvalue weighted by molar-refractivity contribution is 9.10. The second-order valence-electron chi connectivity index (χ2n) is 8.58. The summed E-state index contributed by atoms with van der Waals surface area (Å²) in [5.74, 6) is -1.49. The second kappa shape index (κ2) is 9.09. The van der Waals surface area contributed by atoms with E-state index in [-0.39, 0.29) is 17.4 Å². The highest BCUT2D eigenvalue weighted by Crippen LogP contribution is 2.46. The van der Waals surface area contributed by atoms with Crippen LogP contribution in [0.2, 0.25) is 0 Å². The molecule has 2 aromatic carbocycles. The zero-order valence-electron chi connectivity index (χ0n) is 18.4. The average Bonchev–Trinajstić information content (AvgIpc) is 3.25. The molecule has 2 aromatic rings. The molecular weight excluding hydrogens is 526 g/mol. The number of anilines is 1. The van der Waals surface area contributed by atoms with Crippen LogP contribution in [0.1, 0.15) is 41.6 Å². The van der Waals surface area contributed by atoms with Gasteiger partial charge in [-0.05, 0) is 61.6 Å². The zero-order valence-corrected chi connectivity index (χ0v) is 20.8. The maximum Gasteiger partial charge on any atom is 0.265 e. The highest BCUT2D eigenvalue weighted by atomic mass is 79.9. The van der Waals surface area contributed by atoms with Gasteiger partial charge in [0.2, 0.25) is 0 Å². The summed E-state index contributed by atoms with van der Waals surface area (Å²) in [7, 11) is -2.77. The van der Waals surface area contributed by atoms with Crippen LogP contribution in [0, 0.1) is 11.3 Å². The van der Waals surface area contributed by atoms with E-state index in [1.807, 2.05) is 0 Å². The van der Waals surface area contributed by atoms with Crippen molar-refractivity contribution in [2.24, 2.45) is 0 Å². The van der Waals surface area contributed by atoms with Gasteiger partial charge in [0.15, 0.2) is 5.75 Å². The predicted octanol–water partition coefficient (Wildman–Crippen LogP) is 3.47. The first-order chi connectivity index (χ1) is 16.1. The van der Waals surface area contributed by atoms with E-state index >= 15 is 0 Å². The Morgan fingerprint density at radius 1 is 1.29 bits per heavy atom. The molecule has 1 saturated carbocycles. The van der Waals surface area contributed by atoms with E-state index in [1.165, 1.54) is 35.2 Å². The van der Waals surface area contributed by atoms with Crippen LogP contribution >= 0.6 is 15.9 Å². The molecule has 9 nitrogen and oxygen atoms in total. The molecule has 1 atom stereocenters. The van der Waals surface area contributed by atoms with Gasteiger partial charge in [0.25, 0.3) is 15.9 Å². The smallest absolute Gasteiger partial charge is 0.265 e. The van der Waals surface area contributed by atoms with Crippen LogP contribution in [-0.2, 0) is 20.2 Å². The van der Waals surface area contributed by atoms with Crippen LogP contribution in [0.25, 0.3) is 0 Å². The molecule has 0 radical (unpaired) electrons. The van der Waals surface area contributed by atoms with Crippen LogP contribution in [0.15, 0.2) is 39.7 Å². The number of methoxy groups -OCH3 is 1. The number of benzene rings is 2. The van der Waals surface area contributed by atoms with Crippen LogP contribution in [0.5, 0.6) is 11.5 Å². The summed E-state index contributed by atoms with van der Waals surface area (Å²) in [5, 5.41) is 30.9. The molecule has 1 saturated heterocycles. The fourth-order valence-electron chi connectivity index (χ4n) is 4.33. The summed E-state index contributed by atoms with van der Waals surface area (Å²) in [4.78, 5) is 14.4. The molecule has 1 heterocycles. The van der Waals surface area contributed by atoms with E-state index in [4.69, 9.17) is 4.74 Å². The number of amides is 1. The molecule has 2 fully saturated rings. The van der Waals surface area contributed by atoms with Crippen LogP contribution < -0.4 is 4.72 Å². The molecule has 1 aliphatic heterocycles. The number of hydrogen-bond acceptors (Lipinski definition) is 7. The number of aromatic hydroxyl groups is 2. The molecule has 2 aliphatic rings. The number of nitrogens with one attached hydrogen (secondary N) is 1. The second-order valence-corrected chi connectivity index (χ2v) is 11.1. The SMILES string of the molecule is COC1CCN(C(=O)c2cc(C3(C#N)CCC3)cc(NS(=O)(=O)c3cc(Br)ccc3O)c2O)C1. The Kier molecular flexibility index (Phi) is 6.50. The van der Waals surface area contributed by atoms with Gasteiger partial charge in [-0.15, -0.1) is 0 Å². The van der Waals surface area contributed by atoms with Crippen molar-refractivity contribution in [1.82, 2.24) is 4.90 Å². The van der Waals surface area contributed by atoms with E-state index in [0.717, 1.165) is 6.42 Å². The van der Waals surface area contributed by atoms with Gasteiger partial charge in [0.05, 0.1) is 28.8 Å². The van der Waals surface area contributed by atoms with Crippen LogP contribution in [-0.4, -0.2) is 55.7 Å². The molecule has 1 amide bonds. The van der Waals surface area contributed by atoms with Crippen molar-refractivity contribution in [3.8, 4) is 17.6 Å². The summed E-state index contributed by atoms with van der Waals surface area (Å²) in [6, 6.07) is 9.10. The minimum Gasteiger partial charge on any atom is -0.507 e. The molecule has 180 valence electrons. The molecule has 34 heavy (non-hydrogen) atoms. The first kappa shape index (κ1) is 24.3. The van der Waals surface area contributed by atoms with E-state index < -0.39 is 37.7 Å². The van der Waals surface area contributed by atoms with E-state index in [2.05, 4.69) is 26.7 Å². The molecule has 1 aliphatic carbocycles. The van der Waals surface area contributed by atoms with Gasteiger partial charge in [-0.25, -0.2) is 8.42 Å². The Morgan fingerprint density at radius 3 is 2.62 bits per heavy atom. The number of phenols is 2. The minimum absolute atomic E-state index is 0.0908. The molecule has 1 unspecified atom stereocenters. The number of nitriles is 1. The zero-order chi connectivity index (χ0) is 24.7. The summed E-state index contributed by atoms with van der Waals surface area (Å²) >= 11 is 3.18. The van der Waals surface area contributed by atoms with Gasteiger partial charge in [0, 0.05) is 24.7 Å². The Morgan fingerprint density at radius 2 is 2.03 bits per heavy atom. The van der Waals surface area contributed by atoms with Crippen molar-refractivity contribution < 1.29 is 28.2 Å². The van der Waals surface area contributed by atoms with Gasteiger partial charge >= 0.3 is 0 Å². The fraction of sp³-hybridized carbons (Fsp3) is 0.391. The lowest BCUT2D eigenvalue weighted by molar-refractivity contribution is 0.0721. The molecule has 0 aromatic heterocycles. The Balaban J connectivity index is 1.79. The number of hydrogen-bond donors (Lipinski definition) is 3. The fourth-order valence-corrected chi connectivity index (χ4v) is 6.02. The normalized spacial score (nSPS) is 19.3. The Bertz CT molecular complexity index is 1290. The lowest BCUT2D eigenvalue weighted by Crippen LogP contribution is -2.34. The third kappa shape index (κ3) is 4.33. The van der Waals surface area contributed by atoms with E-state index in [0.29, 0.717) is 42.4 Å². The number of nitrogens with zero attached hydrogens (tertiary/aromatic N) is 2. The summed E-state index contributed by atoms with van der Waals surface area (Å²) in [5.41, 5.74) is -0.724. The number of ether oxygens (including phenoxy) is 1. The number of halogens is 1. The van der Waals surface area contributed by atoms with Crippen molar-refractivity contribution in [2.45, 2.75) is 42.1 Å². The topological polar surface area (TPSA) is 140 Å². The van der Waals surface area contributed by atoms with Crippen LogP contribution in [0.4, 0.5) is 5.69 Å². The molecule has 0 spiro atoms. The predicted molar refractivity (Wildman–Crippen MR) is 127 cm³/mol. The quantitative estimate of drug-likeness (QED) is 0.468. The van der Waals surface area contributed by atoms with Gasteiger partial charge in [-0.2, -0.15) is 5.26 Å². The van der Waals surface area contributed by atoms with Gasteiger partial charge in [-0.1, -0.05) is 15.9 Å². The molecule has 3 N–H and O–H groups in total. The van der Waals surface area contributed by atoms with Crippen molar-refractivity contribution >= 4 is 37.5 Å². The van der Waals surface area contributed by atoms with Gasteiger partial charge < -0.3 is 19.8 Å². The average molecular weight is 550 g/mol. The third-order valence-corrected chi connectivity index (χ3v) is 8.42. The highest BCUT2D eigenvalue weighted by Gasteiger charge is 2.41. The van der Waals surface area contributed by atoms with Crippen LogP contribution in [0.3, 0.4) is 0 Å². The number of likely N-dealkylation sites (tertiary alicyclic amines) is 1. The Labute approximate surface area is 206 Å². The summed E-state index contributed by atoms with van der Waals surface area (Å²) < 4.78 is 34.2. The first-order valence-electron chi connectivity index (χ1n) is 10.7. The number of carbonyl (C=O) groups excluding carboxylic acids is 1. The lowest BCUT2D eigenvalue weighted by atomic mass is 9.65. The third-order valence-electron chi connectivity index (χ3n) is 6.54. The maximum atomic E-state index is 13.3. The van der Waals surface area contributed by atoms with Crippen molar-refractivity contribution in [1.29, 1.82) is 5.26 Å². The summed E-state index contributed by atoms with van der Waals surface area (Å²) in [6.07, 6.45) is 2.48. The number of carbonyl (C=O) groups is 1. The number of rotatable bonds is 6. The van der Waals surface area contributed by atoms with Crippen molar-refractivity contribution in [2.75, 3.05) is 24.9 Å². The molecule has 0 bridgehead atoms. The lowest BCUT2D eigenvalue weighted by Gasteiger charge is -2.36. The Hall–Kier alpha value is -2.81. The monoisotopic (exact) mass is 549 g/mol. The van der Waals surface area contributed by atoms with Crippen molar-refractivity contribution in [3.63, 3.8) is 0 Å². The largest absolute Gasteiger partial charge is 0.507 e. The standard InChI is InChI=1S/C23H24BrN3O6S/c1-33-16-5-8-27(12-16)22(30)17-9-14(23(13-25)6-2-7-23)10-18(21(17)29)26-34(31,32)20-11-15(24)3-4-19(20)28/h3-4,9-11,16,26,28-29H,2,5-8,12H2,1H3. The number of phenolic OH excluding ortho intramolecular Hbond substituents is 2. The molecular formula is C23H24BrN3O6S. The summed E-state index contributed by atoms with van der Waals surface area (Å²) in [6.45, 7) is 0.771. The molecule has 4 rings (SSSR count). The van der Waals surface area contributed by atoms with Crippen molar-refractivity contribution in [3.05, 3.63) is 45.9 Å². The maximum absolute atomic E-state index is 13.3. The first-order valence-corrected chi connectivity index (χ1v) is 13.0. The number of sulfonamides is 1. The van der Waals surface area contributed by atoms with E-state index in [9.17, 15) is 28.7 Å². The molecule has 11 heteroatoms.